The van der Waals surface area contributed by atoms with E-state index in [0.717, 1.165) is 12.8 Å². The summed E-state index contributed by atoms with van der Waals surface area (Å²) in [6, 6.07) is 0. The van der Waals surface area contributed by atoms with Gasteiger partial charge in [-0.3, -0.25) is 4.57 Å². The summed E-state index contributed by atoms with van der Waals surface area (Å²) in [5.41, 5.74) is 0. The van der Waals surface area contributed by atoms with Gasteiger partial charge in [-0.2, -0.15) is 0 Å². The van der Waals surface area contributed by atoms with Crippen molar-refractivity contribution in [2.45, 2.75) is 46.0 Å². The van der Waals surface area contributed by atoms with Gasteiger partial charge in [0.1, 0.15) is 0 Å². The summed E-state index contributed by atoms with van der Waals surface area (Å²) in [7, 11) is -2.23. The van der Waals surface area contributed by atoms with E-state index in [1.165, 1.54) is 19.3 Å². The smallest absolute Gasteiger partial charge is 0.189 e. The molecule has 12 heavy (non-hydrogen) atoms. The van der Waals surface area contributed by atoms with Crippen LogP contribution < -0.4 is 0 Å². The van der Waals surface area contributed by atoms with Gasteiger partial charge in [0.05, 0.1) is 0 Å². The second-order valence-corrected chi connectivity index (χ2v) is 4.56. The van der Waals surface area contributed by atoms with Crippen molar-refractivity contribution >= 4 is 8.03 Å². The molecule has 0 bridgehead atoms. The van der Waals surface area contributed by atoms with Crippen LogP contribution in [0, 0.1) is 5.92 Å². The normalized spacial score (nSPS) is 15.9. The fourth-order valence-electron chi connectivity index (χ4n) is 1.38. The first kappa shape index (κ1) is 12.2. The van der Waals surface area contributed by atoms with E-state index >= 15 is 0 Å². The number of rotatable bonds is 7. The minimum Gasteiger partial charge on any atom is -0.346 e. The van der Waals surface area contributed by atoms with E-state index < -0.39 is 8.03 Å². The summed E-state index contributed by atoms with van der Waals surface area (Å²) in [6.07, 6.45) is 6.39. The van der Waals surface area contributed by atoms with Gasteiger partial charge in [0.2, 0.25) is 0 Å². The van der Waals surface area contributed by atoms with E-state index in [1.54, 1.807) is 0 Å². The van der Waals surface area contributed by atoms with Crippen LogP contribution in [0.3, 0.4) is 0 Å². The third kappa shape index (κ3) is 6.87. The second kappa shape index (κ2) is 7.82. The van der Waals surface area contributed by atoms with Crippen molar-refractivity contribution in [3.05, 3.63) is 0 Å². The highest BCUT2D eigenvalue weighted by Gasteiger charge is 2.08. The molecule has 74 valence electrons. The van der Waals surface area contributed by atoms with Crippen LogP contribution in [0.15, 0.2) is 0 Å². The Balaban J connectivity index is 3.46. The molecule has 0 aliphatic heterocycles. The van der Waals surface area contributed by atoms with E-state index in [2.05, 4.69) is 13.8 Å². The molecule has 2 nitrogen and oxygen atoms in total. The van der Waals surface area contributed by atoms with Gasteiger partial charge in [0.15, 0.2) is 8.03 Å². The Morgan fingerprint density at radius 1 is 1.33 bits per heavy atom. The standard InChI is InChI=1S/C9H21O2P/c1-3-5-6-7-9(4-2)8-12(10)11/h9,12H,3-8H2,1-2H3,(H,10,11). The third-order valence-electron chi connectivity index (χ3n) is 2.26. The van der Waals surface area contributed by atoms with Gasteiger partial charge < -0.3 is 4.89 Å². The Kier molecular flexibility index (Phi) is 7.94. The van der Waals surface area contributed by atoms with Gasteiger partial charge >= 0.3 is 0 Å². The van der Waals surface area contributed by atoms with Gasteiger partial charge in [0.25, 0.3) is 0 Å². The Hall–Kier alpha value is 0.190. The summed E-state index contributed by atoms with van der Waals surface area (Å²) in [5.74, 6) is 0.480. The zero-order valence-corrected chi connectivity index (χ0v) is 9.18. The molecule has 3 heteroatoms. The van der Waals surface area contributed by atoms with Crippen molar-refractivity contribution in [1.29, 1.82) is 0 Å². The highest BCUT2D eigenvalue weighted by atomic mass is 31.1. The largest absolute Gasteiger partial charge is 0.346 e. The molecule has 0 spiro atoms. The Morgan fingerprint density at radius 2 is 2.00 bits per heavy atom. The fourth-order valence-corrected chi connectivity index (χ4v) is 2.37. The van der Waals surface area contributed by atoms with Crippen molar-refractivity contribution in [1.82, 2.24) is 0 Å². The van der Waals surface area contributed by atoms with Gasteiger partial charge in [-0.05, 0) is 12.3 Å². The maximum absolute atomic E-state index is 10.6. The number of hydrogen-bond donors (Lipinski definition) is 1. The first-order valence-corrected chi connectivity index (χ1v) is 6.48. The summed E-state index contributed by atoms with van der Waals surface area (Å²) in [4.78, 5) is 8.76. The Bertz CT molecular complexity index is 126. The summed E-state index contributed by atoms with van der Waals surface area (Å²) in [5, 5.41) is 0. The number of hydrogen-bond acceptors (Lipinski definition) is 1. The van der Waals surface area contributed by atoms with Crippen LogP contribution in [-0.4, -0.2) is 11.1 Å². The van der Waals surface area contributed by atoms with Crippen molar-refractivity contribution in [2.24, 2.45) is 5.92 Å². The van der Waals surface area contributed by atoms with E-state index in [1.807, 2.05) is 0 Å². The lowest BCUT2D eigenvalue weighted by atomic mass is 10.0. The molecule has 2 atom stereocenters. The highest BCUT2D eigenvalue weighted by Crippen LogP contribution is 2.24. The lowest BCUT2D eigenvalue weighted by Gasteiger charge is -2.11. The molecule has 0 aromatic carbocycles. The van der Waals surface area contributed by atoms with Crippen LogP contribution in [0.5, 0.6) is 0 Å². The van der Waals surface area contributed by atoms with Gasteiger partial charge in [-0.1, -0.05) is 39.5 Å². The predicted molar refractivity (Wildman–Crippen MR) is 54.0 cm³/mol. The Labute approximate surface area is 76.2 Å². The van der Waals surface area contributed by atoms with Crippen LogP contribution in [0.4, 0.5) is 0 Å². The minimum atomic E-state index is -2.23. The quantitative estimate of drug-likeness (QED) is 0.497. The molecule has 0 saturated carbocycles. The molecule has 1 N–H and O–H groups in total. The molecule has 0 aliphatic rings. The molecular weight excluding hydrogens is 171 g/mol. The van der Waals surface area contributed by atoms with Gasteiger partial charge in [-0.25, -0.2) is 0 Å². The first-order valence-electron chi connectivity index (χ1n) is 4.92. The SMILES string of the molecule is CCCCCC(CC)C[PH](=O)O. The van der Waals surface area contributed by atoms with Crippen LogP contribution in [-0.2, 0) is 4.57 Å². The van der Waals surface area contributed by atoms with Gasteiger partial charge in [0, 0.05) is 6.16 Å². The second-order valence-electron chi connectivity index (χ2n) is 3.37. The van der Waals surface area contributed by atoms with E-state index in [9.17, 15) is 4.57 Å². The molecule has 0 fully saturated rings. The summed E-state index contributed by atoms with van der Waals surface area (Å²) in [6.45, 7) is 4.28. The molecule has 0 aliphatic carbocycles. The molecule has 0 heterocycles. The Morgan fingerprint density at radius 3 is 2.42 bits per heavy atom. The zero-order chi connectivity index (χ0) is 9.40. The average molecular weight is 192 g/mol. The van der Waals surface area contributed by atoms with Gasteiger partial charge in [-0.15, -0.1) is 0 Å². The maximum atomic E-state index is 10.6. The van der Waals surface area contributed by atoms with Crippen LogP contribution in [0.2, 0.25) is 0 Å². The van der Waals surface area contributed by atoms with E-state index in [0.29, 0.717) is 12.1 Å². The molecule has 2 unspecified atom stereocenters. The molecule has 0 rings (SSSR count). The molecule has 0 radical (unpaired) electrons. The molecule has 0 aromatic heterocycles. The lowest BCUT2D eigenvalue weighted by Crippen LogP contribution is -2.01. The van der Waals surface area contributed by atoms with Crippen LogP contribution >= 0.6 is 8.03 Å². The third-order valence-corrected chi connectivity index (χ3v) is 3.18. The summed E-state index contributed by atoms with van der Waals surface area (Å²) < 4.78 is 10.6. The molecule has 0 aromatic rings. The zero-order valence-electron chi connectivity index (χ0n) is 8.18. The fraction of sp³-hybridized carbons (Fsp3) is 1.00. The monoisotopic (exact) mass is 192 g/mol. The van der Waals surface area contributed by atoms with Crippen molar-refractivity contribution < 1.29 is 9.46 Å². The topological polar surface area (TPSA) is 37.3 Å². The molecule has 0 saturated heterocycles. The highest BCUT2D eigenvalue weighted by molar-refractivity contribution is 7.38. The van der Waals surface area contributed by atoms with E-state index in [4.69, 9.17) is 4.89 Å². The van der Waals surface area contributed by atoms with Crippen molar-refractivity contribution in [3.8, 4) is 0 Å². The summed E-state index contributed by atoms with van der Waals surface area (Å²) >= 11 is 0. The predicted octanol–water partition coefficient (Wildman–Crippen LogP) is 3.06. The van der Waals surface area contributed by atoms with Crippen LogP contribution in [0.25, 0.3) is 0 Å². The minimum absolute atomic E-state index is 0.480. The molecule has 0 amide bonds. The van der Waals surface area contributed by atoms with E-state index in [-0.39, 0.29) is 0 Å². The maximum Gasteiger partial charge on any atom is 0.189 e. The average Bonchev–Trinajstić information content (AvgIpc) is 2.02. The lowest BCUT2D eigenvalue weighted by molar-refractivity contribution is 0.450. The van der Waals surface area contributed by atoms with Crippen molar-refractivity contribution in [2.75, 3.05) is 6.16 Å². The number of unbranched alkanes of at least 4 members (excludes halogenated alkanes) is 2. The first-order chi connectivity index (χ1) is 5.70. The van der Waals surface area contributed by atoms with Crippen LogP contribution in [0.1, 0.15) is 46.0 Å². The molecular formula is C9H21O2P. The van der Waals surface area contributed by atoms with Crippen molar-refractivity contribution in [3.63, 3.8) is 0 Å².